The van der Waals surface area contributed by atoms with Crippen molar-refractivity contribution in [3.63, 3.8) is 0 Å². The van der Waals surface area contributed by atoms with E-state index >= 15 is 0 Å². The molecule has 7 heteroatoms. The summed E-state index contributed by atoms with van der Waals surface area (Å²) < 4.78 is 24.3. The van der Waals surface area contributed by atoms with Crippen molar-refractivity contribution >= 4 is 15.8 Å². The summed E-state index contributed by atoms with van der Waals surface area (Å²) in [6.45, 7) is 4.38. The molecule has 1 fully saturated rings. The number of aryl methyl sites for hydroxylation is 1. The van der Waals surface area contributed by atoms with Gasteiger partial charge in [0.05, 0.1) is 11.9 Å². The highest BCUT2D eigenvalue weighted by Crippen LogP contribution is 2.23. The lowest BCUT2D eigenvalue weighted by molar-refractivity contribution is 0.328. The average Bonchev–Trinajstić information content (AvgIpc) is 2.39. The van der Waals surface area contributed by atoms with E-state index in [1.807, 2.05) is 6.92 Å². The van der Waals surface area contributed by atoms with Crippen LogP contribution in [0.3, 0.4) is 0 Å². The third-order valence-electron chi connectivity index (χ3n) is 3.85. The molecule has 0 atom stereocenters. The highest BCUT2D eigenvalue weighted by molar-refractivity contribution is 7.88. The second-order valence-corrected chi connectivity index (χ2v) is 7.53. The summed E-state index contributed by atoms with van der Waals surface area (Å²) in [6.07, 6.45) is 6.63. The monoisotopic (exact) mass is 298 g/mol. The maximum atomic E-state index is 11.4. The van der Waals surface area contributed by atoms with Crippen molar-refractivity contribution in [2.45, 2.75) is 19.8 Å². The lowest BCUT2D eigenvalue weighted by Gasteiger charge is -2.34. The molecule has 20 heavy (non-hydrogen) atoms. The van der Waals surface area contributed by atoms with Gasteiger partial charge in [0.25, 0.3) is 0 Å². The van der Waals surface area contributed by atoms with Gasteiger partial charge in [-0.3, -0.25) is 4.98 Å². The van der Waals surface area contributed by atoms with Crippen molar-refractivity contribution in [3.05, 3.63) is 18.1 Å². The first-order valence-corrected chi connectivity index (χ1v) is 8.66. The van der Waals surface area contributed by atoms with Crippen molar-refractivity contribution in [2.24, 2.45) is 5.92 Å². The molecule has 112 valence electrons. The van der Waals surface area contributed by atoms with Gasteiger partial charge in [0, 0.05) is 39.1 Å². The second kappa shape index (κ2) is 6.05. The van der Waals surface area contributed by atoms with Crippen LogP contribution in [0.15, 0.2) is 12.4 Å². The van der Waals surface area contributed by atoms with Crippen molar-refractivity contribution in [1.82, 2.24) is 14.3 Å². The van der Waals surface area contributed by atoms with Crippen LogP contribution in [0.1, 0.15) is 18.5 Å². The molecule has 1 aliphatic heterocycles. The first-order chi connectivity index (χ1) is 9.38. The number of rotatable bonds is 4. The SMILES string of the molecule is Cc1nccnc1N1CCC(CN(C)S(C)(=O)=O)CC1. The van der Waals surface area contributed by atoms with E-state index in [0.29, 0.717) is 12.5 Å². The first kappa shape index (κ1) is 15.2. The normalized spacial score (nSPS) is 17.7. The number of hydrogen-bond donors (Lipinski definition) is 0. The Morgan fingerprint density at radius 1 is 1.30 bits per heavy atom. The van der Waals surface area contributed by atoms with Gasteiger partial charge in [-0.1, -0.05) is 0 Å². The molecule has 6 nitrogen and oxygen atoms in total. The van der Waals surface area contributed by atoms with E-state index in [1.54, 1.807) is 19.4 Å². The van der Waals surface area contributed by atoms with Crippen molar-refractivity contribution < 1.29 is 8.42 Å². The molecule has 0 aliphatic carbocycles. The molecule has 2 heterocycles. The van der Waals surface area contributed by atoms with Crippen LogP contribution in [0, 0.1) is 12.8 Å². The Morgan fingerprint density at radius 2 is 1.90 bits per heavy atom. The van der Waals surface area contributed by atoms with Gasteiger partial charge < -0.3 is 4.90 Å². The van der Waals surface area contributed by atoms with Gasteiger partial charge in [-0.2, -0.15) is 0 Å². The number of sulfonamides is 1. The van der Waals surface area contributed by atoms with Crippen molar-refractivity contribution in [1.29, 1.82) is 0 Å². The van der Waals surface area contributed by atoms with E-state index < -0.39 is 10.0 Å². The number of anilines is 1. The summed E-state index contributed by atoms with van der Waals surface area (Å²) in [6, 6.07) is 0. The minimum absolute atomic E-state index is 0.419. The molecule has 0 aromatic carbocycles. The molecule has 1 saturated heterocycles. The van der Waals surface area contributed by atoms with Crippen LogP contribution in [-0.2, 0) is 10.0 Å². The molecule has 0 saturated carbocycles. The van der Waals surface area contributed by atoms with E-state index in [1.165, 1.54) is 10.6 Å². The van der Waals surface area contributed by atoms with Gasteiger partial charge in [-0.25, -0.2) is 17.7 Å². The zero-order valence-electron chi connectivity index (χ0n) is 12.3. The Balaban J connectivity index is 1.92. The van der Waals surface area contributed by atoms with Gasteiger partial charge in [0.15, 0.2) is 0 Å². The van der Waals surface area contributed by atoms with Gasteiger partial charge in [-0.05, 0) is 25.7 Å². The van der Waals surface area contributed by atoms with Crippen LogP contribution < -0.4 is 4.90 Å². The number of hydrogen-bond acceptors (Lipinski definition) is 5. The standard InChI is InChI=1S/C13H22N4O2S/c1-11-13(15-7-6-14-11)17-8-4-12(5-9-17)10-16(2)20(3,18)19/h6-7,12H,4-5,8-10H2,1-3H3. The predicted molar refractivity (Wildman–Crippen MR) is 79.2 cm³/mol. The first-order valence-electron chi connectivity index (χ1n) is 6.82. The summed E-state index contributed by atoms with van der Waals surface area (Å²) in [5.74, 6) is 1.37. The molecule has 0 radical (unpaired) electrons. The third-order valence-corrected chi connectivity index (χ3v) is 5.13. The zero-order valence-corrected chi connectivity index (χ0v) is 13.1. The molecule has 0 N–H and O–H groups in total. The molecule has 0 amide bonds. The lowest BCUT2D eigenvalue weighted by Crippen LogP contribution is -2.39. The molecular formula is C13H22N4O2S. The Hall–Kier alpha value is -1.21. The average molecular weight is 298 g/mol. The summed E-state index contributed by atoms with van der Waals surface area (Å²) in [7, 11) is -1.43. The minimum Gasteiger partial charge on any atom is -0.355 e. The summed E-state index contributed by atoms with van der Waals surface area (Å²) >= 11 is 0. The summed E-state index contributed by atoms with van der Waals surface area (Å²) in [4.78, 5) is 10.9. The maximum Gasteiger partial charge on any atom is 0.210 e. The van der Waals surface area contributed by atoms with E-state index in [4.69, 9.17) is 0 Å². The second-order valence-electron chi connectivity index (χ2n) is 5.44. The smallest absolute Gasteiger partial charge is 0.210 e. The van der Waals surface area contributed by atoms with Crippen molar-refractivity contribution in [3.8, 4) is 0 Å². The van der Waals surface area contributed by atoms with E-state index in [9.17, 15) is 8.42 Å². The van der Waals surface area contributed by atoms with Crippen LogP contribution in [0.4, 0.5) is 5.82 Å². The Labute approximate surface area is 120 Å². The van der Waals surface area contributed by atoms with E-state index in [0.717, 1.165) is 37.4 Å². The molecule has 2 rings (SSSR count). The van der Waals surface area contributed by atoms with E-state index in [2.05, 4.69) is 14.9 Å². The maximum absolute atomic E-state index is 11.4. The summed E-state index contributed by atoms with van der Waals surface area (Å²) in [5, 5.41) is 0. The Morgan fingerprint density at radius 3 is 2.45 bits per heavy atom. The fourth-order valence-electron chi connectivity index (χ4n) is 2.54. The van der Waals surface area contributed by atoms with Crippen molar-refractivity contribution in [2.75, 3.05) is 37.8 Å². The molecule has 0 bridgehead atoms. The van der Waals surface area contributed by atoms with Gasteiger partial charge in [-0.15, -0.1) is 0 Å². The lowest BCUT2D eigenvalue weighted by atomic mass is 9.97. The predicted octanol–water partition coefficient (Wildman–Crippen LogP) is 0.893. The van der Waals surface area contributed by atoms with Gasteiger partial charge in [0.2, 0.25) is 10.0 Å². The molecule has 1 aromatic rings. The van der Waals surface area contributed by atoms with E-state index in [-0.39, 0.29) is 0 Å². The fourth-order valence-corrected chi connectivity index (χ4v) is 3.02. The highest BCUT2D eigenvalue weighted by Gasteiger charge is 2.24. The van der Waals surface area contributed by atoms with Gasteiger partial charge in [0.1, 0.15) is 5.82 Å². The summed E-state index contributed by atoms with van der Waals surface area (Å²) in [5.41, 5.74) is 0.944. The third kappa shape index (κ3) is 3.67. The van der Waals surface area contributed by atoms with Crippen LogP contribution >= 0.6 is 0 Å². The number of aromatic nitrogens is 2. The van der Waals surface area contributed by atoms with Gasteiger partial charge >= 0.3 is 0 Å². The van der Waals surface area contributed by atoms with Crippen LogP contribution in [-0.4, -0.2) is 55.6 Å². The minimum atomic E-state index is -3.08. The fraction of sp³-hybridized carbons (Fsp3) is 0.692. The molecule has 0 spiro atoms. The molecule has 0 unspecified atom stereocenters. The van der Waals surface area contributed by atoms with Crippen LogP contribution in [0.2, 0.25) is 0 Å². The van der Waals surface area contributed by atoms with Crippen LogP contribution in [0.25, 0.3) is 0 Å². The molecule has 1 aromatic heterocycles. The largest absolute Gasteiger partial charge is 0.355 e. The molecule has 1 aliphatic rings. The topological polar surface area (TPSA) is 66.4 Å². The quantitative estimate of drug-likeness (QED) is 0.826. The number of piperidine rings is 1. The molecular weight excluding hydrogens is 276 g/mol. The van der Waals surface area contributed by atoms with Crippen LogP contribution in [0.5, 0.6) is 0 Å². The Kier molecular flexibility index (Phi) is 4.59. The Bertz CT molecular complexity index is 553. The zero-order chi connectivity index (χ0) is 14.8. The highest BCUT2D eigenvalue weighted by atomic mass is 32.2. The number of nitrogens with zero attached hydrogens (tertiary/aromatic N) is 4.